The fourth-order valence-corrected chi connectivity index (χ4v) is 1.60. The molecule has 0 aliphatic carbocycles. The maximum atomic E-state index is 13.5. The van der Waals surface area contributed by atoms with Crippen molar-refractivity contribution in [2.45, 2.75) is 6.92 Å². The van der Waals surface area contributed by atoms with Crippen LogP contribution in [0.25, 0.3) is 11.1 Å². The lowest BCUT2D eigenvalue weighted by Gasteiger charge is -2.04. The fraction of sp³-hybridized carbons (Fsp3) is 0.0667. The first-order chi connectivity index (χ1) is 8.22. The molecule has 0 fully saturated rings. The van der Waals surface area contributed by atoms with Crippen LogP contribution >= 0.6 is 0 Å². The molecule has 2 heteroatoms. The van der Waals surface area contributed by atoms with E-state index in [2.05, 4.69) is 11.8 Å². The summed E-state index contributed by atoms with van der Waals surface area (Å²) in [6, 6.07) is 11.2. The van der Waals surface area contributed by atoms with Gasteiger partial charge in [0.2, 0.25) is 0 Å². The molecule has 0 aromatic heterocycles. The quantitative estimate of drug-likeness (QED) is 0.647. The summed E-state index contributed by atoms with van der Waals surface area (Å²) in [5.74, 6) is 4.02. The summed E-state index contributed by atoms with van der Waals surface area (Å²) >= 11 is 0. The van der Waals surface area contributed by atoms with Gasteiger partial charge in [0.1, 0.15) is 0 Å². The summed E-state index contributed by atoms with van der Waals surface area (Å²) in [5.41, 5.74) is 1.76. The number of hydrogen-bond donors (Lipinski definition) is 0. The molecule has 0 aliphatic heterocycles. The third kappa shape index (κ3) is 2.34. The Hall–Kier alpha value is -2.14. The lowest BCUT2D eigenvalue weighted by molar-refractivity contribution is 0.511. The lowest BCUT2D eigenvalue weighted by atomic mass is 10.0. The molecule has 0 saturated carbocycles. The fourth-order valence-electron chi connectivity index (χ4n) is 1.60. The largest absolute Gasteiger partial charge is 0.204 e. The van der Waals surface area contributed by atoms with Gasteiger partial charge in [0.25, 0.3) is 0 Å². The SMILES string of the molecule is CC#Cc1ccc(-c2cccc(F)c2F)cc1. The second-order valence-electron chi connectivity index (χ2n) is 3.55. The first-order valence-electron chi connectivity index (χ1n) is 5.19. The summed E-state index contributed by atoms with van der Waals surface area (Å²) in [6.07, 6.45) is 0. The van der Waals surface area contributed by atoms with Crippen molar-refractivity contribution in [2.24, 2.45) is 0 Å². The molecule has 2 rings (SSSR count). The summed E-state index contributed by atoms with van der Waals surface area (Å²) in [4.78, 5) is 0. The Bertz CT molecular complexity index is 587. The van der Waals surface area contributed by atoms with Crippen LogP contribution in [0.1, 0.15) is 12.5 Å². The van der Waals surface area contributed by atoms with Gasteiger partial charge in [0.05, 0.1) is 0 Å². The predicted molar refractivity (Wildman–Crippen MR) is 64.3 cm³/mol. The Kier molecular flexibility index (Phi) is 3.20. The van der Waals surface area contributed by atoms with Crippen molar-refractivity contribution in [1.82, 2.24) is 0 Å². The minimum Gasteiger partial charge on any atom is -0.204 e. The van der Waals surface area contributed by atoms with Crippen LogP contribution in [0.2, 0.25) is 0 Å². The van der Waals surface area contributed by atoms with Crippen LogP contribution in [0.3, 0.4) is 0 Å². The van der Waals surface area contributed by atoms with Crippen LogP contribution in [0, 0.1) is 23.5 Å². The number of benzene rings is 2. The molecule has 0 nitrogen and oxygen atoms in total. The highest BCUT2D eigenvalue weighted by Crippen LogP contribution is 2.24. The van der Waals surface area contributed by atoms with E-state index in [0.717, 1.165) is 11.6 Å². The van der Waals surface area contributed by atoms with E-state index in [4.69, 9.17) is 0 Å². The van der Waals surface area contributed by atoms with Gasteiger partial charge in [-0.15, -0.1) is 5.92 Å². The minimum absolute atomic E-state index is 0.265. The topological polar surface area (TPSA) is 0 Å². The van der Waals surface area contributed by atoms with Crippen LogP contribution in [0.5, 0.6) is 0 Å². The van der Waals surface area contributed by atoms with Gasteiger partial charge >= 0.3 is 0 Å². The standard InChI is InChI=1S/C15H10F2/c1-2-4-11-7-9-12(10-8-11)13-5-3-6-14(16)15(13)17/h3,5-10H,1H3. The molecule has 0 bridgehead atoms. The highest BCUT2D eigenvalue weighted by molar-refractivity contribution is 5.65. The molecular formula is C15H10F2. The van der Waals surface area contributed by atoms with Crippen LogP contribution in [0.4, 0.5) is 8.78 Å². The van der Waals surface area contributed by atoms with E-state index in [-0.39, 0.29) is 5.56 Å². The third-order valence-electron chi connectivity index (χ3n) is 2.42. The number of hydrogen-bond acceptors (Lipinski definition) is 0. The average Bonchev–Trinajstić information content (AvgIpc) is 2.34. The Morgan fingerprint density at radius 3 is 2.29 bits per heavy atom. The van der Waals surface area contributed by atoms with E-state index in [0.29, 0.717) is 5.56 Å². The van der Waals surface area contributed by atoms with E-state index in [1.807, 2.05) is 0 Å². The Morgan fingerprint density at radius 2 is 1.65 bits per heavy atom. The van der Waals surface area contributed by atoms with Crippen molar-refractivity contribution in [1.29, 1.82) is 0 Å². The van der Waals surface area contributed by atoms with Gasteiger partial charge in [-0.25, -0.2) is 8.78 Å². The Labute approximate surface area is 98.9 Å². The zero-order valence-electron chi connectivity index (χ0n) is 9.30. The molecule has 0 aliphatic rings. The zero-order valence-corrected chi connectivity index (χ0v) is 9.30. The molecule has 0 atom stereocenters. The highest BCUT2D eigenvalue weighted by atomic mass is 19.2. The molecule has 0 N–H and O–H groups in total. The van der Waals surface area contributed by atoms with Crippen molar-refractivity contribution in [3.63, 3.8) is 0 Å². The molecule has 0 spiro atoms. The number of rotatable bonds is 1. The maximum Gasteiger partial charge on any atom is 0.166 e. The Morgan fingerprint density at radius 1 is 0.941 bits per heavy atom. The Balaban J connectivity index is 2.45. The van der Waals surface area contributed by atoms with Crippen molar-refractivity contribution in [3.05, 3.63) is 59.7 Å². The summed E-state index contributed by atoms with van der Waals surface area (Å²) in [7, 11) is 0. The second-order valence-corrected chi connectivity index (χ2v) is 3.55. The number of halogens is 2. The monoisotopic (exact) mass is 228 g/mol. The van der Waals surface area contributed by atoms with Gasteiger partial charge in [0, 0.05) is 11.1 Å². The van der Waals surface area contributed by atoms with Crippen molar-refractivity contribution in [2.75, 3.05) is 0 Å². The molecule has 17 heavy (non-hydrogen) atoms. The van der Waals surface area contributed by atoms with Gasteiger partial charge < -0.3 is 0 Å². The van der Waals surface area contributed by atoms with E-state index >= 15 is 0 Å². The molecule has 2 aromatic carbocycles. The van der Waals surface area contributed by atoms with E-state index < -0.39 is 11.6 Å². The predicted octanol–water partition coefficient (Wildman–Crippen LogP) is 4.00. The highest BCUT2D eigenvalue weighted by Gasteiger charge is 2.08. The minimum atomic E-state index is -0.833. The van der Waals surface area contributed by atoms with Gasteiger partial charge in [-0.1, -0.05) is 30.2 Å². The molecule has 0 saturated heterocycles. The molecule has 0 amide bonds. The van der Waals surface area contributed by atoms with Gasteiger partial charge in [-0.05, 0) is 30.7 Å². The molecule has 84 valence electrons. The van der Waals surface area contributed by atoms with Crippen LogP contribution < -0.4 is 0 Å². The average molecular weight is 228 g/mol. The molecular weight excluding hydrogens is 218 g/mol. The molecule has 0 radical (unpaired) electrons. The van der Waals surface area contributed by atoms with Crippen LogP contribution in [-0.2, 0) is 0 Å². The second kappa shape index (κ2) is 4.80. The lowest BCUT2D eigenvalue weighted by Crippen LogP contribution is -1.88. The first-order valence-corrected chi connectivity index (χ1v) is 5.19. The summed E-state index contributed by atoms with van der Waals surface area (Å²) in [5, 5.41) is 0. The maximum absolute atomic E-state index is 13.5. The third-order valence-corrected chi connectivity index (χ3v) is 2.42. The smallest absolute Gasteiger partial charge is 0.166 e. The van der Waals surface area contributed by atoms with Crippen LogP contribution in [-0.4, -0.2) is 0 Å². The van der Waals surface area contributed by atoms with Gasteiger partial charge in [-0.2, -0.15) is 0 Å². The van der Waals surface area contributed by atoms with E-state index in [9.17, 15) is 8.78 Å². The summed E-state index contributed by atoms with van der Waals surface area (Å²) in [6.45, 7) is 1.75. The van der Waals surface area contributed by atoms with Crippen LogP contribution in [0.15, 0.2) is 42.5 Å². The van der Waals surface area contributed by atoms with Gasteiger partial charge in [-0.3, -0.25) is 0 Å². The van der Waals surface area contributed by atoms with Crippen molar-refractivity contribution in [3.8, 4) is 23.0 Å². The molecule has 2 aromatic rings. The normalized spacial score (nSPS) is 9.59. The molecule has 0 unspecified atom stereocenters. The van der Waals surface area contributed by atoms with Crippen molar-refractivity contribution < 1.29 is 8.78 Å². The zero-order chi connectivity index (χ0) is 12.3. The molecule has 0 heterocycles. The van der Waals surface area contributed by atoms with E-state index in [1.165, 1.54) is 6.07 Å². The van der Waals surface area contributed by atoms with E-state index in [1.54, 1.807) is 37.3 Å². The summed E-state index contributed by atoms with van der Waals surface area (Å²) < 4.78 is 26.6. The van der Waals surface area contributed by atoms with Crippen molar-refractivity contribution >= 4 is 0 Å². The first kappa shape index (κ1) is 11.3. The van der Waals surface area contributed by atoms with Gasteiger partial charge in [0.15, 0.2) is 11.6 Å².